The predicted molar refractivity (Wildman–Crippen MR) is 78.5 cm³/mol. The van der Waals surface area contributed by atoms with Crippen molar-refractivity contribution in [3.63, 3.8) is 0 Å². The van der Waals surface area contributed by atoms with E-state index in [9.17, 15) is 5.11 Å². The molecule has 0 amide bonds. The largest absolute Gasteiger partial charge is 0.508 e. The molecule has 2 aromatic carbocycles. The van der Waals surface area contributed by atoms with Gasteiger partial charge in [-0.2, -0.15) is 0 Å². The Morgan fingerprint density at radius 2 is 1.25 bits per heavy atom. The molecule has 2 aromatic rings. The lowest BCUT2D eigenvalue weighted by Gasteiger charge is -2.03. The summed E-state index contributed by atoms with van der Waals surface area (Å²) < 4.78 is 0. The fourth-order valence-corrected chi connectivity index (χ4v) is 1.65. The monoisotopic (exact) mass is 276 g/mol. The first-order chi connectivity index (χ1) is 9.23. The topological polar surface area (TPSA) is 80.9 Å². The number of hydrogen-bond acceptors (Lipinski definition) is 4. The predicted octanol–water partition coefficient (Wildman–Crippen LogP) is 3.43. The van der Waals surface area contributed by atoms with Crippen molar-refractivity contribution in [3.8, 4) is 23.0 Å². The van der Waals surface area contributed by atoms with Crippen molar-refractivity contribution >= 4 is 0 Å². The SMILES string of the molecule is Cc1cc(O)cc(O)c1C.Cc1ccc(O)c(C)c1O. The van der Waals surface area contributed by atoms with Crippen LogP contribution in [0.5, 0.6) is 23.0 Å². The molecule has 2 rings (SSSR count). The summed E-state index contributed by atoms with van der Waals surface area (Å²) >= 11 is 0. The summed E-state index contributed by atoms with van der Waals surface area (Å²) in [6.07, 6.45) is 0. The molecule has 4 heteroatoms. The van der Waals surface area contributed by atoms with E-state index in [4.69, 9.17) is 15.3 Å². The van der Waals surface area contributed by atoms with Crippen LogP contribution in [-0.2, 0) is 0 Å². The van der Waals surface area contributed by atoms with Gasteiger partial charge in [0.1, 0.15) is 23.0 Å². The molecule has 0 fully saturated rings. The normalized spacial score (nSPS) is 9.80. The molecule has 0 heterocycles. The van der Waals surface area contributed by atoms with Gasteiger partial charge in [-0.3, -0.25) is 0 Å². The highest BCUT2D eigenvalue weighted by Gasteiger charge is 2.03. The average Bonchev–Trinajstić information content (AvgIpc) is 2.39. The maximum absolute atomic E-state index is 9.23. The van der Waals surface area contributed by atoms with E-state index in [2.05, 4.69) is 0 Å². The average molecular weight is 276 g/mol. The van der Waals surface area contributed by atoms with Crippen molar-refractivity contribution < 1.29 is 20.4 Å². The summed E-state index contributed by atoms with van der Waals surface area (Å²) in [5.74, 6) is 0.584. The third-order valence-electron chi connectivity index (χ3n) is 3.23. The van der Waals surface area contributed by atoms with Gasteiger partial charge in [-0.15, -0.1) is 0 Å². The number of phenolic OH excluding ortho intramolecular Hbond substituents is 4. The number of benzene rings is 2. The van der Waals surface area contributed by atoms with Gasteiger partial charge >= 0.3 is 0 Å². The quantitative estimate of drug-likeness (QED) is 0.594. The minimum absolute atomic E-state index is 0.112. The van der Waals surface area contributed by atoms with E-state index < -0.39 is 0 Å². The number of hydrogen-bond donors (Lipinski definition) is 4. The first kappa shape index (κ1) is 15.7. The Hall–Kier alpha value is -2.36. The maximum Gasteiger partial charge on any atom is 0.125 e. The fraction of sp³-hybridized carbons (Fsp3) is 0.250. The van der Waals surface area contributed by atoms with Gasteiger partial charge in [0, 0.05) is 11.6 Å². The van der Waals surface area contributed by atoms with Gasteiger partial charge < -0.3 is 20.4 Å². The highest BCUT2D eigenvalue weighted by molar-refractivity contribution is 5.46. The van der Waals surface area contributed by atoms with Crippen LogP contribution in [0.15, 0.2) is 24.3 Å². The minimum atomic E-state index is 0.112. The van der Waals surface area contributed by atoms with E-state index in [0.717, 1.165) is 16.7 Å². The second kappa shape index (κ2) is 6.19. The molecule has 0 aromatic heterocycles. The summed E-state index contributed by atoms with van der Waals surface area (Å²) in [6.45, 7) is 7.12. The highest BCUT2D eigenvalue weighted by Crippen LogP contribution is 2.28. The third-order valence-corrected chi connectivity index (χ3v) is 3.23. The van der Waals surface area contributed by atoms with Crippen LogP contribution in [0, 0.1) is 27.7 Å². The molecule has 0 radical (unpaired) electrons. The Morgan fingerprint density at radius 3 is 1.75 bits per heavy atom. The first-order valence-electron chi connectivity index (χ1n) is 6.21. The summed E-state index contributed by atoms with van der Waals surface area (Å²) in [7, 11) is 0. The lowest BCUT2D eigenvalue weighted by molar-refractivity contribution is 0.440. The Bertz CT molecular complexity index is 568. The van der Waals surface area contributed by atoms with Gasteiger partial charge in [0.2, 0.25) is 0 Å². The summed E-state index contributed by atoms with van der Waals surface area (Å²) in [5, 5.41) is 36.4. The van der Waals surface area contributed by atoms with Crippen molar-refractivity contribution in [1.82, 2.24) is 0 Å². The molecular weight excluding hydrogens is 256 g/mol. The van der Waals surface area contributed by atoms with Gasteiger partial charge in [-0.25, -0.2) is 0 Å². The van der Waals surface area contributed by atoms with E-state index in [1.54, 1.807) is 32.0 Å². The van der Waals surface area contributed by atoms with E-state index in [1.165, 1.54) is 6.07 Å². The maximum atomic E-state index is 9.23. The smallest absolute Gasteiger partial charge is 0.125 e. The van der Waals surface area contributed by atoms with Crippen LogP contribution in [0.3, 0.4) is 0 Å². The molecule has 108 valence electrons. The Balaban J connectivity index is 0.000000200. The lowest BCUT2D eigenvalue weighted by Crippen LogP contribution is -1.80. The molecule has 0 bridgehead atoms. The van der Waals surface area contributed by atoms with E-state index >= 15 is 0 Å². The van der Waals surface area contributed by atoms with Crippen LogP contribution in [0.4, 0.5) is 0 Å². The second-order valence-electron chi connectivity index (χ2n) is 4.78. The van der Waals surface area contributed by atoms with Crippen LogP contribution in [0.25, 0.3) is 0 Å². The fourth-order valence-electron chi connectivity index (χ4n) is 1.65. The van der Waals surface area contributed by atoms with Gasteiger partial charge in [-0.05, 0) is 56.5 Å². The van der Waals surface area contributed by atoms with Crippen LogP contribution >= 0.6 is 0 Å². The molecule has 0 saturated carbocycles. The van der Waals surface area contributed by atoms with Crippen LogP contribution in [-0.4, -0.2) is 20.4 Å². The van der Waals surface area contributed by atoms with E-state index in [-0.39, 0.29) is 23.0 Å². The first-order valence-corrected chi connectivity index (χ1v) is 6.21. The van der Waals surface area contributed by atoms with Crippen molar-refractivity contribution in [2.75, 3.05) is 0 Å². The molecule has 20 heavy (non-hydrogen) atoms. The van der Waals surface area contributed by atoms with Gasteiger partial charge in [0.05, 0.1) is 0 Å². The molecule has 0 unspecified atom stereocenters. The van der Waals surface area contributed by atoms with Crippen LogP contribution < -0.4 is 0 Å². The molecule has 0 aliphatic heterocycles. The summed E-state index contributed by atoms with van der Waals surface area (Å²) in [6, 6.07) is 6.21. The lowest BCUT2D eigenvalue weighted by atomic mass is 10.1. The second-order valence-corrected chi connectivity index (χ2v) is 4.78. The zero-order chi connectivity index (χ0) is 15.4. The van der Waals surface area contributed by atoms with E-state index in [0.29, 0.717) is 5.56 Å². The standard InChI is InChI=1S/2C8H10O2/c1-5-3-7(9)4-8(10)6(5)2;1-5-3-4-7(9)6(2)8(5)10/h2*3-4,9-10H,1-2H3. The number of phenols is 4. The number of rotatable bonds is 0. The summed E-state index contributed by atoms with van der Waals surface area (Å²) in [5.41, 5.74) is 3.05. The van der Waals surface area contributed by atoms with Crippen molar-refractivity contribution in [3.05, 3.63) is 46.5 Å². The summed E-state index contributed by atoms with van der Waals surface area (Å²) in [4.78, 5) is 0. The molecule has 0 aliphatic rings. The highest BCUT2D eigenvalue weighted by atomic mass is 16.3. The number of aromatic hydroxyl groups is 4. The molecule has 0 aliphatic carbocycles. The van der Waals surface area contributed by atoms with Crippen LogP contribution in [0.1, 0.15) is 22.3 Å². The molecular formula is C16H20O4. The minimum Gasteiger partial charge on any atom is -0.508 e. The zero-order valence-electron chi connectivity index (χ0n) is 12.1. The van der Waals surface area contributed by atoms with Gasteiger partial charge in [0.25, 0.3) is 0 Å². The Kier molecular flexibility index (Phi) is 4.86. The molecule has 0 saturated heterocycles. The number of aryl methyl sites for hydroxylation is 2. The Morgan fingerprint density at radius 1 is 0.650 bits per heavy atom. The third kappa shape index (κ3) is 3.57. The molecule has 4 nitrogen and oxygen atoms in total. The van der Waals surface area contributed by atoms with Crippen molar-refractivity contribution in [1.29, 1.82) is 0 Å². The van der Waals surface area contributed by atoms with Crippen LogP contribution in [0.2, 0.25) is 0 Å². The van der Waals surface area contributed by atoms with Crippen molar-refractivity contribution in [2.45, 2.75) is 27.7 Å². The molecule has 0 atom stereocenters. The molecule has 4 N–H and O–H groups in total. The van der Waals surface area contributed by atoms with E-state index in [1.807, 2.05) is 13.8 Å². The van der Waals surface area contributed by atoms with Crippen molar-refractivity contribution in [2.24, 2.45) is 0 Å². The van der Waals surface area contributed by atoms with Gasteiger partial charge in [0.15, 0.2) is 0 Å². The zero-order valence-corrected chi connectivity index (χ0v) is 12.1. The van der Waals surface area contributed by atoms with Gasteiger partial charge in [-0.1, -0.05) is 6.07 Å². The Labute approximate surface area is 118 Å². The molecule has 0 spiro atoms.